The molecular weight excluding hydrogens is 291 g/mol. The largest absolute Gasteiger partial charge is 0.397 e. The van der Waals surface area contributed by atoms with E-state index in [1.807, 2.05) is 18.2 Å². The fourth-order valence-corrected chi connectivity index (χ4v) is 1.72. The van der Waals surface area contributed by atoms with E-state index in [1.165, 1.54) is 0 Å². The van der Waals surface area contributed by atoms with Crippen LogP contribution in [0.3, 0.4) is 0 Å². The third kappa shape index (κ3) is 2.62. The van der Waals surface area contributed by atoms with Crippen LogP contribution in [0.25, 0.3) is 0 Å². The van der Waals surface area contributed by atoms with Gasteiger partial charge >= 0.3 is 0 Å². The Morgan fingerprint density at radius 3 is 2.81 bits per heavy atom. The highest BCUT2D eigenvalue weighted by Crippen LogP contribution is 2.25. The first-order valence-electron chi connectivity index (χ1n) is 4.46. The van der Waals surface area contributed by atoms with Gasteiger partial charge in [0.25, 0.3) is 0 Å². The van der Waals surface area contributed by atoms with Crippen LogP contribution in [0.5, 0.6) is 0 Å². The fraction of sp³-hybridized carbons (Fsp3) is 0. The van der Waals surface area contributed by atoms with E-state index >= 15 is 0 Å². The lowest BCUT2D eigenvalue weighted by Gasteiger charge is -2.08. The van der Waals surface area contributed by atoms with Gasteiger partial charge in [-0.25, -0.2) is 9.97 Å². The van der Waals surface area contributed by atoms with Crippen molar-refractivity contribution in [1.82, 2.24) is 9.97 Å². The van der Waals surface area contributed by atoms with Gasteiger partial charge in [-0.1, -0.05) is 15.9 Å². The molecule has 0 amide bonds. The average molecular weight is 300 g/mol. The van der Waals surface area contributed by atoms with E-state index in [2.05, 4.69) is 31.2 Å². The summed E-state index contributed by atoms with van der Waals surface area (Å²) >= 11 is 9.01. The van der Waals surface area contributed by atoms with Gasteiger partial charge in [-0.15, -0.1) is 0 Å². The van der Waals surface area contributed by atoms with Crippen molar-refractivity contribution in [3.05, 3.63) is 40.2 Å². The summed E-state index contributed by atoms with van der Waals surface area (Å²) in [5, 5.41) is 3.25. The Morgan fingerprint density at radius 2 is 2.12 bits per heavy atom. The molecule has 0 fully saturated rings. The van der Waals surface area contributed by atoms with Crippen molar-refractivity contribution in [3.63, 3.8) is 0 Å². The Bertz CT molecular complexity index is 518. The Kier molecular flexibility index (Phi) is 3.26. The molecule has 6 heteroatoms. The number of benzene rings is 1. The van der Waals surface area contributed by atoms with E-state index in [-0.39, 0.29) is 5.28 Å². The molecule has 0 saturated carbocycles. The van der Waals surface area contributed by atoms with E-state index in [0.717, 1.165) is 10.2 Å². The number of halogens is 2. The second-order valence-electron chi connectivity index (χ2n) is 3.07. The number of aromatic nitrogens is 2. The highest BCUT2D eigenvalue weighted by molar-refractivity contribution is 9.10. The number of nitrogens with two attached hydrogens (primary N) is 1. The highest BCUT2D eigenvalue weighted by Gasteiger charge is 2.02. The number of hydrogen-bond acceptors (Lipinski definition) is 4. The molecule has 1 aromatic heterocycles. The number of rotatable bonds is 2. The molecule has 2 rings (SSSR count). The lowest BCUT2D eigenvalue weighted by Crippen LogP contribution is -1.98. The van der Waals surface area contributed by atoms with E-state index in [1.54, 1.807) is 12.3 Å². The minimum atomic E-state index is 0.195. The third-order valence-electron chi connectivity index (χ3n) is 1.90. The molecule has 82 valence electrons. The molecule has 0 atom stereocenters. The Hall–Kier alpha value is -1.33. The molecule has 0 unspecified atom stereocenters. The van der Waals surface area contributed by atoms with E-state index in [9.17, 15) is 0 Å². The summed E-state index contributed by atoms with van der Waals surface area (Å²) in [7, 11) is 0. The number of hydrogen-bond donors (Lipinski definition) is 2. The van der Waals surface area contributed by atoms with Crippen LogP contribution in [-0.2, 0) is 0 Å². The van der Waals surface area contributed by atoms with Crippen LogP contribution >= 0.6 is 27.5 Å². The molecule has 16 heavy (non-hydrogen) atoms. The van der Waals surface area contributed by atoms with Crippen molar-refractivity contribution in [2.24, 2.45) is 0 Å². The lowest BCUT2D eigenvalue weighted by molar-refractivity contribution is 1.17. The SMILES string of the molecule is Nc1cc(Br)ccc1Nc1ccnc(Cl)n1. The minimum absolute atomic E-state index is 0.195. The first kappa shape index (κ1) is 11.2. The van der Waals surface area contributed by atoms with Crippen LogP contribution in [0.15, 0.2) is 34.9 Å². The average Bonchev–Trinajstić information content (AvgIpc) is 2.22. The third-order valence-corrected chi connectivity index (χ3v) is 2.58. The molecule has 0 aliphatic rings. The standard InChI is InChI=1S/C10H8BrClN4/c11-6-1-2-8(7(13)5-6)15-9-3-4-14-10(12)16-9/h1-5H,13H2,(H,14,15,16). The van der Waals surface area contributed by atoms with Gasteiger partial charge in [0, 0.05) is 10.7 Å². The molecule has 0 aliphatic carbocycles. The molecule has 1 heterocycles. The molecule has 0 aliphatic heterocycles. The summed E-state index contributed by atoms with van der Waals surface area (Å²) in [5.41, 5.74) is 7.24. The summed E-state index contributed by atoms with van der Waals surface area (Å²) in [6.45, 7) is 0. The zero-order chi connectivity index (χ0) is 11.5. The Labute approximate surface area is 106 Å². The summed E-state index contributed by atoms with van der Waals surface area (Å²) in [6, 6.07) is 7.27. The second kappa shape index (κ2) is 4.67. The van der Waals surface area contributed by atoms with Crippen molar-refractivity contribution in [2.75, 3.05) is 11.1 Å². The molecule has 0 spiro atoms. The van der Waals surface area contributed by atoms with E-state index in [4.69, 9.17) is 17.3 Å². The lowest BCUT2D eigenvalue weighted by atomic mass is 10.2. The van der Waals surface area contributed by atoms with Crippen LogP contribution < -0.4 is 11.1 Å². The molecule has 0 saturated heterocycles. The maximum absolute atomic E-state index is 5.84. The molecule has 0 radical (unpaired) electrons. The number of nitrogens with one attached hydrogen (secondary N) is 1. The van der Waals surface area contributed by atoms with E-state index < -0.39 is 0 Å². The second-order valence-corrected chi connectivity index (χ2v) is 4.32. The molecule has 3 N–H and O–H groups in total. The monoisotopic (exact) mass is 298 g/mol. The molecule has 0 bridgehead atoms. The predicted molar refractivity (Wildman–Crippen MR) is 68.9 cm³/mol. The van der Waals surface area contributed by atoms with Crippen molar-refractivity contribution >= 4 is 44.7 Å². The Balaban J connectivity index is 2.27. The van der Waals surface area contributed by atoms with Gasteiger partial charge in [0.05, 0.1) is 11.4 Å². The van der Waals surface area contributed by atoms with Gasteiger partial charge < -0.3 is 11.1 Å². The normalized spacial score (nSPS) is 10.1. The zero-order valence-corrected chi connectivity index (χ0v) is 10.5. The molecule has 4 nitrogen and oxygen atoms in total. The number of nitrogens with zero attached hydrogens (tertiary/aromatic N) is 2. The van der Waals surface area contributed by atoms with Crippen LogP contribution in [-0.4, -0.2) is 9.97 Å². The van der Waals surface area contributed by atoms with Gasteiger partial charge in [0.1, 0.15) is 5.82 Å². The highest BCUT2D eigenvalue weighted by atomic mass is 79.9. The number of nitrogen functional groups attached to an aromatic ring is 1. The van der Waals surface area contributed by atoms with Crippen LogP contribution in [0.1, 0.15) is 0 Å². The summed E-state index contributed by atoms with van der Waals surface area (Å²) < 4.78 is 0.927. The topological polar surface area (TPSA) is 63.8 Å². The van der Waals surface area contributed by atoms with Crippen molar-refractivity contribution < 1.29 is 0 Å². The maximum atomic E-state index is 5.84. The maximum Gasteiger partial charge on any atom is 0.224 e. The first-order chi connectivity index (χ1) is 7.65. The van der Waals surface area contributed by atoms with Gasteiger partial charge in [-0.05, 0) is 35.9 Å². The fourth-order valence-electron chi connectivity index (χ4n) is 1.19. The van der Waals surface area contributed by atoms with Crippen LogP contribution in [0.2, 0.25) is 5.28 Å². The summed E-state index contributed by atoms with van der Waals surface area (Å²) in [4.78, 5) is 7.80. The smallest absolute Gasteiger partial charge is 0.224 e. The molecule has 2 aromatic rings. The van der Waals surface area contributed by atoms with Crippen LogP contribution in [0.4, 0.5) is 17.2 Å². The Morgan fingerprint density at radius 1 is 1.31 bits per heavy atom. The summed E-state index contributed by atoms with van der Waals surface area (Å²) in [5.74, 6) is 0.606. The van der Waals surface area contributed by atoms with Crippen LogP contribution in [0, 0.1) is 0 Å². The van der Waals surface area contributed by atoms with Crippen molar-refractivity contribution in [2.45, 2.75) is 0 Å². The van der Waals surface area contributed by atoms with Gasteiger partial charge in [0.15, 0.2) is 0 Å². The van der Waals surface area contributed by atoms with Crippen molar-refractivity contribution in [3.8, 4) is 0 Å². The first-order valence-corrected chi connectivity index (χ1v) is 5.63. The summed E-state index contributed by atoms with van der Waals surface area (Å²) in [6.07, 6.45) is 1.58. The van der Waals surface area contributed by atoms with Gasteiger partial charge in [-0.3, -0.25) is 0 Å². The van der Waals surface area contributed by atoms with Crippen molar-refractivity contribution in [1.29, 1.82) is 0 Å². The minimum Gasteiger partial charge on any atom is -0.397 e. The van der Waals surface area contributed by atoms with E-state index in [0.29, 0.717) is 11.5 Å². The predicted octanol–water partition coefficient (Wildman–Crippen LogP) is 3.22. The molecular formula is C10H8BrClN4. The molecule has 1 aromatic carbocycles. The van der Waals surface area contributed by atoms with Gasteiger partial charge in [-0.2, -0.15) is 0 Å². The zero-order valence-electron chi connectivity index (χ0n) is 8.11. The van der Waals surface area contributed by atoms with Gasteiger partial charge in [0.2, 0.25) is 5.28 Å². The quantitative estimate of drug-likeness (QED) is 0.660. The number of anilines is 3.